The van der Waals surface area contributed by atoms with Gasteiger partial charge >= 0.3 is 0 Å². The number of fused-ring (bicyclic) bond motifs is 1. The van der Waals surface area contributed by atoms with Gasteiger partial charge in [-0.25, -0.2) is 8.42 Å². The van der Waals surface area contributed by atoms with Gasteiger partial charge in [-0.15, -0.1) is 11.8 Å². The lowest BCUT2D eigenvalue weighted by molar-refractivity contribution is -0.122. The molecule has 0 saturated carbocycles. The molecule has 26 heavy (non-hydrogen) atoms. The van der Waals surface area contributed by atoms with Crippen molar-refractivity contribution in [3.63, 3.8) is 0 Å². The number of thioether (sulfide) groups is 1. The van der Waals surface area contributed by atoms with E-state index in [1.54, 1.807) is 30.0 Å². The van der Waals surface area contributed by atoms with E-state index in [1.807, 2.05) is 37.4 Å². The van der Waals surface area contributed by atoms with Crippen LogP contribution in [0.25, 0.3) is 0 Å². The Morgan fingerprint density at radius 3 is 2.73 bits per heavy atom. The standard InChI is InChI=1S/C18H20N2O4S2/c1-12-7-8-16-15(9-12)20(26(3,22)23)11-17(24-16)18(21)19-13-5-4-6-14(10-13)25-2/h4-10,17H,11H2,1-3H3,(H,19,21)/t17-/m0/s1. The van der Waals surface area contributed by atoms with Crippen LogP contribution in [0.1, 0.15) is 5.56 Å². The number of hydrogen-bond acceptors (Lipinski definition) is 5. The first-order chi connectivity index (χ1) is 12.3. The summed E-state index contributed by atoms with van der Waals surface area (Å²) in [4.78, 5) is 13.7. The summed E-state index contributed by atoms with van der Waals surface area (Å²) in [7, 11) is -3.54. The van der Waals surface area contributed by atoms with Gasteiger partial charge < -0.3 is 10.1 Å². The Morgan fingerprint density at radius 2 is 2.04 bits per heavy atom. The largest absolute Gasteiger partial charge is 0.476 e. The minimum atomic E-state index is -3.54. The summed E-state index contributed by atoms with van der Waals surface area (Å²) in [5.74, 6) is -0.00609. The maximum Gasteiger partial charge on any atom is 0.267 e. The minimum Gasteiger partial charge on any atom is -0.476 e. The summed E-state index contributed by atoms with van der Waals surface area (Å²) in [6.07, 6.45) is 2.15. The van der Waals surface area contributed by atoms with Gasteiger partial charge in [0.1, 0.15) is 5.75 Å². The maximum atomic E-state index is 12.7. The molecule has 1 aliphatic heterocycles. The predicted octanol–water partition coefficient (Wildman–Crippen LogP) is 2.88. The average molecular weight is 393 g/mol. The molecule has 0 saturated heterocycles. The fraction of sp³-hybridized carbons (Fsp3) is 0.278. The Bertz CT molecular complexity index is 944. The zero-order valence-corrected chi connectivity index (χ0v) is 16.4. The average Bonchev–Trinajstić information content (AvgIpc) is 2.60. The van der Waals surface area contributed by atoms with E-state index in [1.165, 1.54) is 4.31 Å². The fourth-order valence-electron chi connectivity index (χ4n) is 2.74. The second-order valence-corrected chi connectivity index (χ2v) is 8.88. The van der Waals surface area contributed by atoms with E-state index >= 15 is 0 Å². The molecule has 2 aromatic carbocycles. The van der Waals surface area contributed by atoms with E-state index in [9.17, 15) is 13.2 Å². The number of carbonyl (C=O) groups excluding carboxylic acids is 1. The number of anilines is 2. The van der Waals surface area contributed by atoms with Crippen molar-refractivity contribution in [2.24, 2.45) is 0 Å². The molecule has 1 amide bonds. The molecule has 1 N–H and O–H groups in total. The van der Waals surface area contributed by atoms with Crippen molar-refractivity contribution >= 4 is 39.1 Å². The quantitative estimate of drug-likeness (QED) is 0.810. The lowest BCUT2D eigenvalue weighted by atomic mass is 10.1. The predicted molar refractivity (Wildman–Crippen MR) is 105 cm³/mol. The van der Waals surface area contributed by atoms with Crippen molar-refractivity contribution < 1.29 is 17.9 Å². The van der Waals surface area contributed by atoms with Crippen LogP contribution < -0.4 is 14.4 Å². The Morgan fingerprint density at radius 1 is 1.27 bits per heavy atom. The summed E-state index contributed by atoms with van der Waals surface area (Å²) in [5.41, 5.74) is 2.02. The Labute approximate surface area is 157 Å². The van der Waals surface area contributed by atoms with Gasteiger partial charge in [0, 0.05) is 10.6 Å². The first-order valence-electron chi connectivity index (χ1n) is 7.98. The highest BCUT2D eigenvalue weighted by molar-refractivity contribution is 7.98. The van der Waals surface area contributed by atoms with E-state index in [-0.39, 0.29) is 12.5 Å². The third kappa shape index (κ3) is 3.96. The molecule has 2 aromatic rings. The Kier molecular flexibility index (Phi) is 5.15. The number of rotatable bonds is 4. The van der Waals surface area contributed by atoms with Crippen LogP contribution in [0.15, 0.2) is 47.4 Å². The van der Waals surface area contributed by atoms with Crippen LogP contribution in [0.4, 0.5) is 11.4 Å². The molecule has 138 valence electrons. The molecule has 0 aliphatic carbocycles. The van der Waals surface area contributed by atoms with Crippen molar-refractivity contribution in [3.05, 3.63) is 48.0 Å². The molecule has 0 radical (unpaired) electrons. The fourth-order valence-corrected chi connectivity index (χ4v) is 4.10. The van der Waals surface area contributed by atoms with Crippen molar-refractivity contribution in [2.75, 3.05) is 28.7 Å². The Hall–Kier alpha value is -2.19. The van der Waals surface area contributed by atoms with E-state index in [2.05, 4.69) is 5.32 Å². The number of sulfonamides is 1. The van der Waals surface area contributed by atoms with Gasteiger partial charge in [0.2, 0.25) is 10.0 Å². The van der Waals surface area contributed by atoms with Gasteiger partial charge in [0.05, 0.1) is 18.5 Å². The molecule has 1 atom stereocenters. The maximum absolute atomic E-state index is 12.7. The lowest BCUT2D eigenvalue weighted by Gasteiger charge is -2.34. The first-order valence-corrected chi connectivity index (χ1v) is 11.0. The highest BCUT2D eigenvalue weighted by atomic mass is 32.2. The number of carbonyl (C=O) groups is 1. The van der Waals surface area contributed by atoms with Crippen LogP contribution in [0.2, 0.25) is 0 Å². The van der Waals surface area contributed by atoms with Gasteiger partial charge in [-0.1, -0.05) is 12.1 Å². The minimum absolute atomic E-state index is 0.0661. The van der Waals surface area contributed by atoms with Crippen LogP contribution in [-0.4, -0.2) is 39.5 Å². The molecular weight excluding hydrogens is 372 g/mol. The summed E-state index contributed by atoms with van der Waals surface area (Å²) in [6, 6.07) is 12.7. The van der Waals surface area contributed by atoms with Gasteiger partial charge in [0.15, 0.2) is 6.10 Å². The number of benzene rings is 2. The third-order valence-corrected chi connectivity index (χ3v) is 5.89. The second kappa shape index (κ2) is 7.20. The van der Waals surface area contributed by atoms with Crippen LogP contribution in [0.5, 0.6) is 5.75 Å². The molecule has 6 nitrogen and oxygen atoms in total. The van der Waals surface area contributed by atoms with Crippen molar-refractivity contribution in [3.8, 4) is 5.75 Å². The third-order valence-electron chi connectivity index (χ3n) is 4.01. The van der Waals surface area contributed by atoms with E-state index < -0.39 is 16.1 Å². The summed E-state index contributed by atoms with van der Waals surface area (Å²) < 4.78 is 31.4. The summed E-state index contributed by atoms with van der Waals surface area (Å²) >= 11 is 1.57. The number of aryl methyl sites for hydroxylation is 1. The monoisotopic (exact) mass is 392 g/mol. The van der Waals surface area contributed by atoms with Crippen molar-refractivity contribution in [1.82, 2.24) is 0 Å². The van der Waals surface area contributed by atoms with Crippen molar-refractivity contribution in [1.29, 1.82) is 0 Å². The molecule has 0 bridgehead atoms. The lowest BCUT2D eigenvalue weighted by Crippen LogP contribution is -2.48. The molecule has 0 fully saturated rings. The van der Waals surface area contributed by atoms with Crippen LogP contribution in [0.3, 0.4) is 0 Å². The number of nitrogens with zero attached hydrogens (tertiary/aromatic N) is 1. The number of hydrogen-bond donors (Lipinski definition) is 1. The summed E-state index contributed by atoms with van der Waals surface area (Å²) in [6.45, 7) is 1.81. The van der Waals surface area contributed by atoms with Crippen molar-refractivity contribution in [2.45, 2.75) is 17.9 Å². The molecule has 0 unspecified atom stereocenters. The first kappa shape index (κ1) is 18.6. The smallest absolute Gasteiger partial charge is 0.267 e. The van der Waals surface area contributed by atoms with E-state index in [4.69, 9.17) is 4.74 Å². The second-order valence-electron chi connectivity index (χ2n) is 6.09. The van der Waals surface area contributed by atoms with Crippen LogP contribution in [-0.2, 0) is 14.8 Å². The number of amides is 1. The molecule has 0 aromatic heterocycles. The molecule has 1 heterocycles. The van der Waals surface area contributed by atoms with Gasteiger partial charge in [0.25, 0.3) is 5.91 Å². The Balaban J connectivity index is 1.87. The SMILES string of the molecule is CSc1cccc(NC(=O)[C@@H]2CN(S(C)(=O)=O)c3cc(C)ccc3O2)c1. The zero-order valence-electron chi connectivity index (χ0n) is 14.7. The highest BCUT2D eigenvalue weighted by Crippen LogP contribution is 2.36. The van der Waals surface area contributed by atoms with Crippen LogP contribution >= 0.6 is 11.8 Å². The van der Waals surface area contributed by atoms with Gasteiger partial charge in [-0.3, -0.25) is 9.10 Å². The normalized spacial score (nSPS) is 16.6. The van der Waals surface area contributed by atoms with Gasteiger partial charge in [-0.2, -0.15) is 0 Å². The summed E-state index contributed by atoms with van der Waals surface area (Å²) in [5, 5.41) is 2.80. The van der Waals surface area contributed by atoms with Crippen LogP contribution in [0, 0.1) is 6.92 Å². The molecule has 0 spiro atoms. The topological polar surface area (TPSA) is 75.7 Å². The van der Waals surface area contributed by atoms with E-state index in [0.29, 0.717) is 17.1 Å². The van der Waals surface area contributed by atoms with Gasteiger partial charge in [-0.05, 0) is 49.1 Å². The number of nitrogens with one attached hydrogen (secondary N) is 1. The highest BCUT2D eigenvalue weighted by Gasteiger charge is 2.35. The molecule has 8 heteroatoms. The molecular formula is C18H20N2O4S2. The zero-order chi connectivity index (χ0) is 18.9. The number of ether oxygens (including phenoxy) is 1. The molecule has 1 aliphatic rings. The molecule has 3 rings (SSSR count). The van der Waals surface area contributed by atoms with E-state index in [0.717, 1.165) is 16.7 Å².